The molecular formula is C23H25N3O3S. The summed E-state index contributed by atoms with van der Waals surface area (Å²) in [5.41, 5.74) is 1.77. The molecule has 1 unspecified atom stereocenters. The van der Waals surface area contributed by atoms with Gasteiger partial charge in [-0.1, -0.05) is 31.4 Å². The highest BCUT2D eigenvalue weighted by molar-refractivity contribution is 7.89. The average Bonchev–Trinajstić information content (AvgIpc) is 2.98. The first kappa shape index (κ1) is 20.6. The molecule has 1 amide bonds. The number of carbonyl (C=O) groups is 1. The molecule has 1 heterocycles. The van der Waals surface area contributed by atoms with Gasteiger partial charge in [-0.25, -0.2) is 13.1 Å². The first-order valence-electron chi connectivity index (χ1n) is 10.3. The molecule has 2 N–H and O–H groups in total. The number of nitriles is 1. The minimum absolute atomic E-state index is 0.0307. The molecule has 0 saturated heterocycles. The van der Waals surface area contributed by atoms with Crippen molar-refractivity contribution in [1.82, 2.24) is 4.72 Å². The van der Waals surface area contributed by atoms with Crippen molar-refractivity contribution in [2.45, 2.75) is 61.8 Å². The summed E-state index contributed by atoms with van der Waals surface area (Å²) < 4.78 is 28.8. The predicted octanol–water partition coefficient (Wildman–Crippen LogP) is 3.62. The highest BCUT2D eigenvalue weighted by Crippen LogP contribution is 2.41. The van der Waals surface area contributed by atoms with Gasteiger partial charge in [-0.2, -0.15) is 5.26 Å². The van der Waals surface area contributed by atoms with Crippen molar-refractivity contribution in [3.05, 3.63) is 59.2 Å². The number of benzene rings is 2. The molecule has 0 radical (unpaired) electrons. The molecule has 1 aliphatic carbocycles. The Bertz CT molecular complexity index is 1130. The summed E-state index contributed by atoms with van der Waals surface area (Å²) >= 11 is 0. The van der Waals surface area contributed by atoms with Gasteiger partial charge < -0.3 is 5.32 Å². The largest absolute Gasteiger partial charge is 0.325 e. The first-order chi connectivity index (χ1) is 14.3. The third-order valence-corrected chi connectivity index (χ3v) is 7.70. The van der Waals surface area contributed by atoms with Crippen LogP contribution in [0.1, 0.15) is 55.7 Å². The van der Waals surface area contributed by atoms with E-state index in [9.17, 15) is 13.2 Å². The fraction of sp³-hybridized carbons (Fsp3) is 0.391. The summed E-state index contributed by atoms with van der Waals surface area (Å²) in [6, 6.07) is 14.1. The number of amides is 1. The van der Waals surface area contributed by atoms with Gasteiger partial charge in [0.1, 0.15) is 0 Å². The minimum atomic E-state index is -3.66. The molecule has 6 nitrogen and oxygen atoms in total. The summed E-state index contributed by atoms with van der Waals surface area (Å²) in [5.74, 6) is -0.172. The fourth-order valence-corrected chi connectivity index (χ4v) is 5.81. The molecule has 0 spiro atoms. The molecule has 1 atom stereocenters. The number of nitrogens with zero attached hydrogens (tertiary/aromatic N) is 1. The topological polar surface area (TPSA) is 99.1 Å². The van der Waals surface area contributed by atoms with Crippen LogP contribution in [0.5, 0.6) is 0 Å². The van der Waals surface area contributed by atoms with E-state index in [4.69, 9.17) is 5.26 Å². The minimum Gasteiger partial charge on any atom is -0.325 e. The summed E-state index contributed by atoms with van der Waals surface area (Å²) in [6.45, 7) is 1.82. The zero-order valence-electron chi connectivity index (χ0n) is 16.9. The van der Waals surface area contributed by atoms with Crippen molar-refractivity contribution in [2.75, 3.05) is 5.32 Å². The van der Waals surface area contributed by atoms with E-state index >= 15 is 0 Å². The number of hydrogen-bond acceptors (Lipinski definition) is 4. The standard InChI is InChI=1S/C23H25N3O3S/c1-23(14-16-6-5-7-17(12-16)15-24)20-13-19(10-11-21(20)25-22(23)27)30(28,29)26-18-8-3-2-4-9-18/h5-7,10-13,18,26H,2-4,8-9,14H2,1H3,(H,25,27). The lowest BCUT2D eigenvalue weighted by molar-refractivity contribution is -0.120. The molecule has 2 aromatic carbocycles. The Morgan fingerprint density at radius 3 is 2.67 bits per heavy atom. The molecule has 2 aliphatic rings. The quantitative estimate of drug-likeness (QED) is 0.767. The van der Waals surface area contributed by atoms with Crippen molar-refractivity contribution in [3.8, 4) is 6.07 Å². The van der Waals surface area contributed by atoms with Crippen LogP contribution in [0.15, 0.2) is 47.4 Å². The lowest BCUT2D eigenvalue weighted by atomic mass is 9.78. The van der Waals surface area contributed by atoms with Crippen LogP contribution in [0.4, 0.5) is 5.69 Å². The highest BCUT2D eigenvalue weighted by atomic mass is 32.2. The van der Waals surface area contributed by atoms with Crippen LogP contribution in [0.3, 0.4) is 0 Å². The van der Waals surface area contributed by atoms with Crippen LogP contribution >= 0.6 is 0 Å². The molecule has 7 heteroatoms. The fourth-order valence-electron chi connectivity index (χ4n) is 4.48. The third-order valence-electron chi connectivity index (χ3n) is 6.19. The monoisotopic (exact) mass is 423 g/mol. The lowest BCUT2D eigenvalue weighted by Gasteiger charge is -2.24. The molecular weight excluding hydrogens is 398 g/mol. The maximum atomic E-state index is 13.0. The van der Waals surface area contributed by atoms with Crippen molar-refractivity contribution >= 4 is 21.6 Å². The molecule has 30 heavy (non-hydrogen) atoms. The van der Waals surface area contributed by atoms with Crippen molar-refractivity contribution < 1.29 is 13.2 Å². The third kappa shape index (κ3) is 3.85. The van der Waals surface area contributed by atoms with E-state index in [1.165, 1.54) is 0 Å². The average molecular weight is 424 g/mol. The number of anilines is 1. The highest BCUT2D eigenvalue weighted by Gasteiger charge is 2.43. The van der Waals surface area contributed by atoms with Crippen LogP contribution in [0.2, 0.25) is 0 Å². The van der Waals surface area contributed by atoms with Gasteiger partial charge in [0.05, 0.1) is 21.9 Å². The Labute approximate surface area is 177 Å². The number of nitrogens with one attached hydrogen (secondary N) is 2. The van der Waals surface area contributed by atoms with E-state index in [0.29, 0.717) is 23.2 Å². The van der Waals surface area contributed by atoms with Crippen molar-refractivity contribution in [1.29, 1.82) is 5.26 Å². The predicted molar refractivity (Wildman–Crippen MR) is 114 cm³/mol. The van der Waals surface area contributed by atoms with E-state index in [2.05, 4.69) is 16.1 Å². The molecule has 2 aromatic rings. The maximum Gasteiger partial charge on any atom is 0.240 e. The molecule has 0 aromatic heterocycles. The Kier molecular flexibility index (Phi) is 5.39. The Balaban J connectivity index is 1.66. The number of sulfonamides is 1. The second kappa shape index (κ2) is 7.86. The number of carbonyl (C=O) groups excluding carboxylic acids is 1. The Morgan fingerprint density at radius 1 is 1.17 bits per heavy atom. The zero-order chi connectivity index (χ0) is 21.4. The van der Waals surface area contributed by atoms with Gasteiger partial charge in [-0.15, -0.1) is 0 Å². The maximum absolute atomic E-state index is 13.0. The summed E-state index contributed by atoms with van der Waals surface area (Å²) in [7, 11) is -3.66. The van der Waals surface area contributed by atoms with Crippen LogP contribution in [0.25, 0.3) is 0 Å². The molecule has 0 bridgehead atoms. The number of hydrogen-bond donors (Lipinski definition) is 2. The molecule has 1 saturated carbocycles. The van der Waals surface area contributed by atoms with Crippen molar-refractivity contribution in [2.24, 2.45) is 0 Å². The number of fused-ring (bicyclic) bond motifs is 1. The normalized spacial score (nSPS) is 21.7. The van der Waals surface area contributed by atoms with Gasteiger partial charge in [0, 0.05) is 11.7 Å². The molecule has 1 aliphatic heterocycles. The number of rotatable bonds is 5. The molecule has 156 valence electrons. The van der Waals surface area contributed by atoms with Gasteiger partial charge >= 0.3 is 0 Å². The van der Waals surface area contributed by atoms with Gasteiger partial charge in [-0.3, -0.25) is 4.79 Å². The molecule has 4 rings (SSSR count). The van der Waals surface area contributed by atoms with Crippen LogP contribution in [-0.4, -0.2) is 20.4 Å². The second-order valence-corrected chi connectivity index (χ2v) is 10.2. The summed E-state index contributed by atoms with van der Waals surface area (Å²) in [5, 5.41) is 12.0. The van der Waals surface area contributed by atoms with Gasteiger partial charge in [0.15, 0.2) is 0 Å². The SMILES string of the molecule is CC1(Cc2cccc(C#N)c2)C(=O)Nc2ccc(S(=O)(=O)NC3CCCCC3)cc21. The molecule has 1 fully saturated rings. The van der Waals surface area contributed by atoms with Crippen molar-refractivity contribution in [3.63, 3.8) is 0 Å². The van der Waals surface area contributed by atoms with E-state index in [1.54, 1.807) is 36.4 Å². The van der Waals surface area contributed by atoms with Crippen LogP contribution in [-0.2, 0) is 26.7 Å². The van der Waals surface area contributed by atoms with Crippen LogP contribution < -0.4 is 10.0 Å². The smallest absolute Gasteiger partial charge is 0.240 e. The zero-order valence-corrected chi connectivity index (χ0v) is 17.8. The Hall–Kier alpha value is -2.69. The summed E-state index contributed by atoms with van der Waals surface area (Å²) in [4.78, 5) is 13.0. The summed E-state index contributed by atoms with van der Waals surface area (Å²) in [6.07, 6.45) is 5.32. The van der Waals surface area contributed by atoms with Gasteiger partial charge in [0.25, 0.3) is 0 Å². The van der Waals surface area contributed by atoms with E-state index in [1.807, 2.05) is 13.0 Å². The lowest BCUT2D eigenvalue weighted by Crippen LogP contribution is -2.36. The van der Waals surface area contributed by atoms with E-state index in [0.717, 1.165) is 37.7 Å². The van der Waals surface area contributed by atoms with E-state index in [-0.39, 0.29) is 16.8 Å². The van der Waals surface area contributed by atoms with Gasteiger partial charge in [-0.05, 0) is 67.6 Å². The van der Waals surface area contributed by atoms with Gasteiger partial charge in [0.2, 0.25) is 15.9 Å². The van der Waals surface area contributed by atoms with Crippen LogP contribution in [0, 0.1) is 11.3 Å². The first-order valence-corrected chi connectivity index (χ1v) is 11.8. The Morgan fingerprint density at radius 2 is 1.93 bits per heavy atom. The van der Waals surface area contributed by atoms with E-state index < -0.39 is 15.4 Å². The second-order valence-electron chi connectivity index (χ2n) is 8.44.